The van der Waals surface area contributed by atoms with Crippen LogP contribution in [0, 0.1) is 6.92 Å². The predicted molar refractivity (Wildman–Crippen MR) is 125 cm³/mol. The summed E-state index contributed by atoms with van der Waals surface area (Å²) in [7, 11) is 0. The van der Waals surface area contributed by atoms with Gasteiger partial charge in [-0.1, -0.05) is 60.3 Å². The molecule has 3 aromatic heterocycles. The molecule has 5 aromatic rings. The van der Waals surface area contributed by atoms with Crippen molar-refractivity contribution < 1.29 is 4.42 Å². The van der Waals surface area contributed by atoms with Crippen LogP contribution in [0.15, 0.2) is 70.2 Å². The first kappa shape index (κ1) is 20.4. The molecule has 0 saturated carbocycles. The van der Waals surface area contributed by atoms with E-state index >= 15 is 0 Å². The highest BCUT2D eigenvalue weighted by molar-refractivity contribution is 7.99. The van der Waals surface area contributed by atoms with Crippen LogP contribution in [0.2, 0.25) is 0 Å². The molecule has 2 aromatic carbocycles. The molecule has 0 spiro atoms. The molecule has 8 heteroatoms. The van der Waals surface area contributed by atoms with Crippen LogP contribution in [0.25, 0.3) is 33.5 Å². The Balaban J connectivity index is 1.61. The molecule has 0 radical (unpaired) electrons. The monoisotopic (exact) mass is 442 g/mol. The van der Waals surface area contributed by atoms with Gasteiger partial charge in [-0.05, 0) is 26.0 Å². The second-order valence-corrected chi connectivity index (χ2v) is 8.72. The number of rotatable bonds is 6. The van der Waals surface area contributed by atoms with E-state index in [1.165, 1.54) is 0 Å². The number of aryl methyl sites for hydroxylation is 1. The van der Waals surface area contributed by atoms with Crippen molar-refractivity contribution in [2.24, 2.45) is 0 Å². The van der Waals surface area contributed by atoms with E-state index in [9.17, 15) is 0 Å². The first-order valence-electron chi connectivity index (χ1n) is 10.5. The average molecular weight is 443 g/mol. The smallest absolute Gasteiger partial charge is 0.229 e. The van der Waals surface area contributed by atoms with Crippen molar-refractivity contribution in [1.82, 2.24) is 29.9 Å². The van der Waals surface area contributed by atoms with Gasteiger partial charge in [0.05, 0.1) is 16.5 Å². The van der Waals surface area contributed by atoms with Crippen molar-refractivity contribution in [3.63, 3.8) is 0 Å². The van der Waals surface area contributed by atoms with Crippen LogP contribution in [-0.4, -0.2) is 29.9 Å². The van der Waals surface area contributed by atoms with Crippen LogP contribution in [-0.2, 0) is 6.54 Å². The summed E-state index contributed by atoms with van der Waals surface area (Å²) >= 11 is 1.56. The van der Waals surface area contributed by atoms with E-state index in [2.05, 4.69) is 56.2 Å². The fourth-order valence-corrected chi connectivity index (χ4v) is 4.61. The summed E-state index contributed by atoms with van der Waals surface area (Å²) in [5.41, 5.74) is 3.92. The number of benzene rings is 2. The van der Waals surface area contributed by atoms with Crippen LogP contribution < -0.4 is 0 Å². The Kier molecular flexibility index (Phi) is 5.45. The zero-order chi connectivity index (χ0) is 22.1. The standard InChI is InChI=1S/C24H22N6OS/c1-4-30-22(27-29-24(30)32-15(2)23-28-26-16(3)31-23)19-14-21(17-10-6-5-7-11-17)25-20-13-9-8-12-18(19)20/h5-15H,4H2,1-3H3. The van der Waals surface area contributed by atoms with Gasteiger partial charge in [0, 0.05) is 30.0 Å². The number of nitrogens with zero attached hydrogens (tertiary/aromatic N) is 6. The Morgan fingerprint density at radius 1 is 0.969 bits per heavy atom. The molecule has 0 saturated heterocycles. The fourth-order valence-electron chi connectivity index (χ4n) is 3.66. The largest absolute Gasteiger partial charge is 0.424 e. The Bertz CT molecular complexity index is 1380. The lowest BCUT2D eigenvalue weighted by molar-refractivity contribution is 0.469. The van der Waals surface area contributed by atoms with E-state index in [4.69, 9.17) is 9.40 Å². The molecule has 7 nitrogen and oxygen atoms in total. The molecule has 3 heterocycles. The second-order valence-electron chi connectivity index (χ2n) is 7.41. The van der Waals surface area contributed by atoms with Crippen molar-refractivity contribution >= 4 is 22.7 Å². The summed E-state index contributed by atoms with van der Waals surface area (Å²) in [4.78, 5) is 4.89. The lowest BCUT2D eigenvalue weighted by Crippen LogP contribution is -2.02. The van der Waals surface area contributed by atoms with Crippen LogP contribution in [0.4, 0.5) is 0 Å². The molecule has 160 valence electrons. The van der Waals surface area contributed by atoms with Crippen molar-refractivity contribution in [3.8, 4) is 22.6 Å². The Morgan fingerprint density at radius 2 is 1.75 bits per heavy atom. The van der Waals surface area contributed by atoms with Gasteiger partial charge in [0.25, 0.3) is 0 Å². The number of thioether (sulfide) groups is 1. The molecule has 0 aliphatic rings. The van der Waals surface area contributed by atoms with E-state index in [1.54, 1.807) is 18.7 Å². The maximum atomic E-state index is 5.60. The van der Waals surface area contributed by atoms with Gasteiger partial charge >= 0.3 is 0 Å². The topological polar surface area (TPSA) is 82.5 Å². The number of pyridine rings is 1. The summed E-state index contributed by atoms with van der Waals surface area (Å²) in [5, 5.41) is 19.0. The Morgan fingerprint density at radius 3 is 2.50 bits per heavy atom. The van der Waals surface area contributed by atoms with E-state index in [-0.39, 0.29) is 5.25 Å². The third-order valence-corrected chi connectivity index (χ3v) is 6.30. The first-order chi connectivity index (χ1) is 15.6. The summed E-state index contributed by atoms with van der Waals surface area (Å²) in [5.74, 6) is 1.96. The minimum absolute atomic E-state index is 0.0346. The Labute approximate surface area is 189 Å². The van der Waals surface area contributed by atoms with Gasteiger partial charge in [0.1, 0.15) is 0 Å². The van der Waals surface area contributed by atoms with Gasteiger partial charge in [-0.3, -0.25) is 0 Å². The van der Waals surface area contributed by atoms with Crippen molar-refractivity contribution in [1.29, 1.82) is 0 Å². The van der Waals surface area contributed by atoms with Gasteiger partial charge in [0.15, 0.2) is 11.0 Å². The number of para-hydroxylation sites is 1. The molecule has 5 rings (SSSR count). The molecule has 0 aliphatic carbocycles. The highest BCUT2D eigenvalue weighted by atomic mass is 32.2. The minimum atomic E-state index is -0.0346. The summed E-state index contributed by atoms with van der Waals surface area (Å²) in [6, 6.07) is 20.5. The molecule has 32 heavy (non-hydrogen) atoms. The van der Waals surface area contributed by atoms with Crippen LogP contribution in [0.5, 0.6) is 0 Å². The molecule has 0 aliphatic heterocycles. The van der Waals surface area contributed by atoms with Gasteiger partial charge < -0.3 is 8.98 Å². The van der Waals surface area contributed by atoms with E-state index in [0.29, 0.717) is 11.8 Å². The average Bonchev–Trinajstić information content (AvgIpc) is 3.44. The number of fused-ring (bicyclic) bond motifs is 1. The van der Waals surface area contributed by atoms with Crippen LogP contribution in [0.3, 0.4) is 0 Å². The Hall–Kier alpha value is -3.52. The highest BCUT2D eigenvalue weighted by Crippen LogP contribution is 2.37. The van der Waals surface area contributed by atoms with Crippen LogP contribution >= 0.6 is 11.8 Å². The zero-order valence-corrected chi connectivity index (χ0v) is 18.9. The SMILES string of the molecule is CCn1c(SC(C)c2nnc(C)o2)nnc1-c1cc(-c2ccccc2)nc2ccccc12. The number of hydrogen-bond donors (Lipinski definition) is 0. The maximum absolute atomic E-state index is 5.60. The van der Waals surface area contributed by atoms with Crippen molar-refractivity contribution in [2.75, 3.05) is 0 Å². The normalized spacial score (nSPS) is 12.3. The summed E-state index contributed by atoms with van der Waals surface area (Å²) in [6.45, 7) is 6.65. The van der Waals surface area contributed by atoms with Gasteiger partial charge in [0.2, 0.25) is 11.8 Å². The molecule has 0 amide bonds. The number of hydrogen-bond acceptors (Lipinski definition) is 7. The first-order valence-corrected chi connectivity index (χ1v) is 11.4. The third-order valence-electron chi connectivity index (χ3n) is 5.23. The second kappa shape index (κ2) is 8.55. The lowest BCUT2D eigenvalue weighted by atomic mass is 10.0. The quantitative estimate of drug-likeness (QED) is 0.311. The maximum Gasteiger partial charge on any atom is 0.229 e. The molecule has 1 atom stereocenters. The highest BCUT2D eigenvalue weighted by Gasteiger charge is 2.21. The predicted octanol–water partition coefficient (Wildman–Crippen LogP) is 5.72. The molecule has 0 fully saturated rings. The minimum Gasteiger partial charge on any atom is -0.424 e. The molecular formula is C24H22N6OS. The van der Waals surface area contributed by atoms with E-state index in [0.717, 1.165) is 45.2 Å². The summed E-state index contributed by atoms with van der Waals surface area (Å²) < 4.78 is 7.72. The lowest BCUT2D eigenvalue weighted by Gasteiger charge is -2.12. The van der Waals surface area contributed by atoms with Crippen LogP contribution in [0.1, 0.15) is 30.9 Å². The van der Waals surface area contributed by atoms with Gasteiger partial charge in [-0.25, -0.2) is 4.98 Å². The van der Waals surface area contributed by atoms with Crippen molar-refractivity contribution in [2.45, 2.75) is 37.7 Å². The summed E-state index contributed by atoms with van der Waals surface area (Å²) in [6.07, 6.45) is 0. The molecule has 1 unspecified atom stereocenters. The molecular weight excluding hydrogens is 420 g/mol. The number of aromatic nitrogens is 6. The molecule has 0 N–H and O–H groups in total. The van der Waals surface area contributed by atoms with Gasteiger partial charge in [-0.15, -0.1) is 20.4 Å². The van der Waals surface area contributed by atoms with Gasteiger partial charge in [-0.2, -0.15) is 0 Å². The molecule has 0 bridgehead atoms. The third kappa shape index (κ3) is 3.78. The zero-order valence-electron chi connectivity index (χ0n) is 18.1. The van der Waals surface area contributed by atoms with E-state index in [1.807, 2.05) is 43.3 Å². The fraction of sp³-hybridized carbons (Fsp3) is 0.208. The van der Waals surface area contributed by atoms with E-state index < -0.39 is 0 Å². The van der Waals surface area contributed by atoms with Crippen molar-refractivity contribution in [3.05, 3.63) is 72.4 Å².